The van der Waals surface area contributed by atoms with Gasteiger partial charge in [-0.3, -0.25) is 0 Å². The number of anilines is 1. The summed E-state index contributed by atoms with van der Waals surface area (Å²) in [6, 6.07) is 0. The number of hydrogen-bond acceptors (Lipinski definition) is 3. The molecule has 0 aliphatic rings. The molecule has 14 heavy (non-hydrogen) atoms. The van der Waals surface area contributed by atoms with Gasteiger partial charge in [0.25, 0.3) is 0 Å². The van der Waals surface area contributed by atoms with Gasteiger partial charge in [0.2, 0.25) is 5.88 Å². The molecule has 0 aromatic carbocycles. The first kappa shape index (κ1) is 10.6. The molecule has 0 bridgehead atoms. The molecule has 78 valence electrons. The molecular formula is C7H6F4N2O. The Morgan fingerprint density at radius 1 is 1.43 bits per heavy atom. The summed E-state index contributed by atoms with van der Waals surface area (Å²) >= 11 is 0. The van der Waals surface area contributed by atoms with E-state index >= 15 is 0 Å². The molecule has 0 fully saturated rings. The average Bonchev–Trinajstić information content (AvgIpc) is 2.04. The maximum absolute atomic E-state index is 13.0. The van der Waals surface area contributed by atoms with Crippen LogP contribution in [-0.4, -0.2) is 11.3 Å². The van der Waals surface area contributed by atoms with Gasteiger partial charge in [-0.15, -0.1) is 13.2 Å². The minimum Gasteiger partial charge on any atom is -0.392 e. The third-order valence-electron chi connectivity index (χ3n) is 1.40. The van der Waals surface area contributed by atoms with E-state index in [1.165, 1.54) is 6.92 Å². The topological polar surface area (TPSA) is 48.1 Å². The van der Waals surface area contributed by atoms with Crippen molar-refractivity contribution in [3.63, 3.8) is 0 Å². The second-order valence-corrected chi connectivity index (χ2v) is 2.52. The highest BCUT2D eigenvalue weighted by atomic mass is 19.4. The van der Waals surface area contributed by atoms with Gasteiger partial charge in [0.15, 0.2) is 5.82 Å². The van der Waals surface area contributed by atoms with Crippen molar-refractivity contribution in [2.75, 3.05) is 5.73 Å². The quantitative estimate of drug-likeness (QED) is 0.721. The maximum atomic E-state index is 13.0. The van der Waals surface area contributed by atoms with Crippen molar-refractivity contribution in [2.24, 2.45) is 0 Å². The minimum atomic E-state index is -4.93. The molecule has 1 aromatic rings. The Bertz CT molecular complexity index is 350. The van der Waals surface area contributed by atoms with Gasteiger partial charge in [0, 0.05) is 11.8 Å². The zero-order valence-electron chi connectivity index (χ0n) is 7.02. The van der Waals surface area contributed by atoms with Crippen molar-refractivity contribution >= 4 is 5.69 Å². The molecule has 0 aliphatic heterocycles. The molecule has 1 heterocycles. The van der Waals surface area contributed by atoms with E-state index < -0.39 is 23.7 Å². The highest BCUT2D eigenvalue weighted by Crippen LogP contribution is 2.28. The fourth-order valence-corrected chi connectivity index (χ4v) is 0.779. The van der Waals surface area contributed by atoms with Crippen LogP contribution < -0.4 is 10.5 Å². The van der Waals surface area contributed by atoms with Crippen LogP contribution in [0.1, 0.15) is 5.56 Å². The van der Waals surface area contributed by atoms with Crippen LogP contribution in [0.25, 0.3) is 0 Å². The summed E-state index contributed by atoms with van der Waals surface area (Å²) in [4.78, 5) is 3.22. The predicted molar refractivity (Wildman–Crippen MR) is 40.0 cm³/mol. The maximum Gasteiger partial charge on any atom is 0.574 e. The van der Waals surface area contributed by atoms with Gasteiger partial charge >= 0.3 is 6.36 Å². The van der Waals surface area contributed by atoms with Crippen LogP contribution in [0, 0.1) is 12.7 Å². The normalized spacial score (nSPS) is 11.5. The Morgan fingerprint density at radius 2 is 2.00 bits per heavy atom. The number of rotatable bonds is 1. The fraction of sp³-hybridized carbons (Fsp3) is 0.286. The molecule has 0 spiro atoms. The number of aryl methyl sites for hydroxylation is 1. The second kappa shape index (κ2) is 3.32. The summed E-state index contributed by atoms with van der Waals surface area (Å²) in [6.45, 7) is 1.33. The van der Waals surface area contributed by atoms with Gasteiger partial charge in [-0.1, -0.05) is 0 Å². The number of nitrogen functional groups attached to an aromatic ring is 1. The lowest BCUT2D eigenvalue weighted by Crippen LogP contribution is -2.19. The minimum absolute atomic E-state index is 0.0528. The van der Waals surface area contributed by atoms with Crippen molar-refractivity contribution in [2.45, 2.75) is 13.3 Å². The Labute approximate surface area is 76.5 Å². The number of nitrogens with two attached hydrogens (primary N) is 1. The summed E-state index contributed by atoms with van der Waals surface area (Å²) < 4.78 is 51.5. The molecule has 0 aliphatic carbocycles. The number of aromatic nitrogens is 1. The highest BCUT2D eigenvalue weighted by molar-refractivity contribution is 5.50. The Kier molecular flexibility index (Phi) is 2.50. The lowest BCUT2D eigenvalue weighted by Gasteiger charge is -2.10. The second-order valence-electron chi connectivity index (χ2n) is 2.52. The predicted octanol–water partition coefficient (Wildman–Crippen LogP) is 2.01. The monoisotopic (exact) mass is 210 g/mol. The summed E-state index contributed by atoms with van der Waals surface area (Å²) in [5, 5.41) is 0. The average molecular weight is 210 g/mol. The van der Waals surface area contributed by atoms with E-state index in [0.717, 1.165) is 6.20 Å². The van der Waals surface area contributed by atoms with Crippen LogP contribution in [0.4, 0.5) is 23.2 Å². The highest BCUT2D eigenvalue weighted by Gasteiger charge is 2.33. The lowest BCUT2D eigenvalue weighted by molar-refractivity contribution is -0.275. The number of hydrogen-bond donors (Lipinski definition) is 1. The van der Waals surface area contributed by atoms with E-state index in [9.17, 15) is 17.6 Å². The van der Waals surface area contributed by atoms with E-state index in [1.807, 2.05) is 0 Å². The summed E-state index contributed by atoms with van der Waals surface area (Å²) in [7, 11) is 0. The zero-order valence-corrected chi connectivity index (χ0v) is 7.02. The molecular weight excluding hydrogens is 204 g/mol. The molecule has 0 radical (unpaired) electrons. The smallest absolute Gasteiger partial charge is 0.392 e. The molecule has 0 saturated carbocycles. The van der Waals surface area contributed by atoms with Gasteiger partial charge in [0.1, 0.15) is 5.69 Å². The molecule has 1 aromatic heterocycles. The first-order chi connectivity index (χ1) is 6.31. The van der Waals surface area contributed by atoms with Crippen molar-refractivity contribution in [1.82, 2.24) is 4.98 Å². The number of nitrogens with zero attached hydrogens (tertiary/aromatic N) is 1. The third-order valence-corrected chi connectivity index (χ3v) is 1.40. The van der Waals surface area contributed by atoms with Crippen LogP contribution >= 0.6 is 0 Å². The molecule has 0 amide bonds. The molecule has 0 atom stereocenters. The molecule has 2 N–H and O–H groups in total. The largest absolute Gasteiger partial charge is 0.574 e. The van der Waals surface area contributed by atoms with Crippen LogP contribution in [0.15, 0.2) is 6.20 Å². The molecule has 0 unspecified atom stereocenters. The van der Waals surface area contributed by atoms with Gasteiger partial charge in [-0.25, -0.2) is 9.37 Å². The summed E-state index contributed by atoms with van der Waals surface area (Å²) in [5.41, 5.74) is 4.33. The van der Waals surface area contributed by atoms with Crippen LogP contribution in [0.5, 0.6) is 5.88 Å². The van der Waals surface area contributed by atoms with Crippen molar-refractivity contribution < 1.29 is 22.3 Å². The molecule has 0 saturated heterocycles. The number of alkyl halides is 3. The number of ether oxygens (including phenoxy) is 1. The van der Waals surface area contributed by atoms with E-state index in [1.54, 1.807) is 0 Å². The SMILES string of the molecule is Cc1cnc(OC(F)(F)F)c(N)c1F. The first-order valence-electron chi connectivity index (χ1n) is 3.47. The van der Waals surface area contributed by atoms with E-state index in [2.05, 4.69) is 9.72 Å². The van der Waals surface area contributed by atoms with Crippen LogP contribution in [-0.2, 0) is 0 Å². The zero-order chi connectivity index (χ0) is 10.9. The van der Waals surface area contributed by atoms with Crippen molar-refractivity contribution in [1.29, 1.82) is 0 Å². The molecule has 7 heteroatoms. The third kappa shape index (κ3) is 2.24. The molecule has 1 rings (SSSR count). The van der Waals surface area contributed by atoms with Gasteiger partial charge in [0.05, 0.1) is 0 Å². The van der Waals surface area contributed by atoms with Crippen LogP contribution in [0.2, 0.25) is 0 Å². The first-order valence-corrected chi connectivity index (χ1v) is 3.47. The Morgan fingerprint density at radius 3 is 2.50 bits per heavy atom. The number of halogens is 4. The van der Waals surface area contributed by atoms with Crippen LogP contribution in [0.3, 0.4) is 0 Å². The summed E-state index contributed by atoms with van der Waals surface area (Å²) in [6.07, 6.45) is -4.02. The van der Waals surface area contributed by atoms with E-state index in [-0.39, 0.29) is 5.56 Å². The Balaban J connectivity index is 3.06. The van der Waals surface area contributed by atoms with Gasteiger partial charge in [-0.2, -0.15) is 0 Å². The fourth-order valence-electron chi connectivity index (χ4n) is 0.779. The Hall–Kier alpha value is -1.53. The van der Waals surface area contributed by atoms with Crippen molar-refractivity contribution in [3.8, 4) is 5.88 Å². The number of pyridine rings is 1. The standard InChI is InChI=1S/C7H6F4N2O/c1-3-2-13-6(5(12)4(3)8)14-7(9,10)11/h2H,12H2,1H3. The lowest BCUT2D eigenvalue weighted by atomic mass is 10.3. The van der Waals surface area contributed by atoms with Gasteiger partial charge < -0.3 is 10.5 Å². The van der Waals surface area contributed by atoms with Gasteiger partial charge in [-0.05, 0) is 6.92 Å². The molecule has 3 nitrogen and oxygen atoms in total. The van der Waals surface area contributed by atoms with E-state index in [4.69, 9.17) is 5.73 Å². The summed E-state index contributed by atoms with van der Waals surface area (Å²) in [5.74, 6) is -1.93. The van der Waals surface area contributed by atoms with E-state index in [0.29, 0.717) is 0 Å². The van der Waals surface area contributed by atoms with Crippen molar-refractivity contribution in [3.05, 3.63) is 17.6 Å².